The van der Waals surface area contributed by atoms with E-state index in [4.69, 9.17) is 5.14 Å². The maximum absolute atomic E-state index is 11.8. The van der Waals surface area contributed by atoms with E-state index >= 15 is 0 Å². The smallest absolute Gasteiger partial charge is 0.228 e. The Morgan fingerprint density at radius 3 is 2.67 bits per heavy atom. The van der Waals surface area contributed by atoms with Crippen LogP contribution in [-0.2, 0) is 14.8 Å². The third-order valence-corrected chi connectivity index (χ3v) is 4.69. The van der Waals surface area contributed by atoms with Crippen molar-refractivity contribution in [3.05, 3.63) is 22.7 Å². The van der Waals surface area contributed by atoms with E-state index in [-0.39, 0.29) is 24.6 Å². The van der Waals surface area contributed by atoms with Crippen LogP contribution in [0.4, 0.5) is 5.69 Å². The number of sulfonamides is 1. The van der Waals surface area contributed by atoms with Crippen LogP contribution in [0, 0.1) is 0 Å². The first-order chi connectivity index (χ1) is 8.29. The average Bonchev–Trinajstić information content (AvgIpc) is 2.64. The van der Waals surface area contributed by atoms with Crippen LogP contribution in [0.1, 0.15) is 6.42 Å². The van der Waals surface area contributed by atoms with Crippen molar-refractivity contribution in [1.29, 1.82) is 0 Å². The number of phenols is 1. The molecule has 1 fully saturated rings. The molecule has 1 unspecified atom stereocenters. The lowest BCUT2D eigenvalue weighted by Crippen LogP contribution is -2.32. The first kappa shape index (κ1) is 13.3. The van der Waals surface area contributed by atoms with Crippen molar-refractivity contribution in [2.24, 2.45) is 5.14 Å². The minimum Gasteiger partial charge on any atom is -0.508 e. The van der Waals surface area contributed by atoms with E-state index in [2.05, 4.69) is 15.9 Å². The molecule has 0 aliphatic carbocycles. The van der Waals surface area contributed by atoms with Gasteiger partial charge in [0.2, 0.25) is 15.9 Å². The Balaban J connectivity index is 2.35. The van der Waals surface area contributed by atoms with E-state index in [9.17, 15) is 18.3 Å². The summed E-state index contributed by atoms with van der Waals surface area (Å²) in [4.78, 5) is 13.1. The monoisotopic (exact) mass is 334 g/mol. The molecule has 1 amide bonds. The van der Waals surface area contributed by atoms with Crippen molar-refractivity contribution in [1.82, 2.24) is 0 Å². The molecule has 1 aliphatic heterocycles. The number of rotatable bonds is 2. The largest absolute Gasteiger partial charge is 0.508 e. The third kappa shape index (κ3) is 2.50. The summed E-state index contributed by atoms with van der Waals surface area (Å²) >= 11 is 3.25. The fourth-order valence-electron chi connectivity index (χ4n) is 1.84. The molecular formula is C10H11BrN2O4S. The molecule has 0 aromatic heterocycles. The molecule has 1 saturated heterocycles. The number of hydrogen-bond donors (Lipinski definition) is 2. The van der Waals surface area contributed by atoms with Crippen LogP contribution < -0.4 is 10.0 Å². The van der Waals surface area contributed by atoms with E-state index in [1.807, 2.05) is 0 Å². The van der Waals surface area contributed by atoms with E-state index < -0.39 is 15.3 Å². The molecule has 1 aromatic rings. The zero-order chi connectivity index (χ0) is 13.5. The molecule has 3 N–H and O–H groups in total. The number of carbonyl (C=O) groups excluding carboxylic acids is 1. The Morgan fingerprint density at radius 2 is 2.11 bits per heavy atom. The lowest BCUT2D eigenvalue weighted by molar-refractivity contribution is -0.117. The van der Waals surface area contributed by atoms with Gasteiger partial charge in [0, 0.05) is 23.5 Å². The minimum atomic E-state index is -3.74. The van der Waals surface area contributed by atoms with Gasteiger partial charge in [-0.05, 0) is 28.1 Å². The highest BCUT2D eigenvalue weighted by Crippen LogP contribution is 2.33. The molecule has 1 aromatic carbocycles. The predicted octanol–water partition coefficient (Wildman–Crippen LogP) is 0.549. The molecule has 1 heterocycles. The zero-order valence-electron chi connectivity index (χ0n) is 9.21. The summed E-state index contributed by atoms with van der Waals surface area (Å²) in [6.07, 6.45) is -0.138. The summed E-state index contributed by atoms with van der Waals surface area (Å²) in [5.41, 5.74) is 0.436. The van der Waals surface area contributed by atoms with E-state index in [1.54, 1.807) is 6.07 Å². The molecule has 2 rings (SSSR count). The summed E-state index contributed by atoms with van der Waals surface area (Å²) in [5.74, 6) is -0.333. The molecule has 0 radical (unpaired) electrons. The highest BCUT2D eigenvalue weighted by Gasteiger charge is 2.37. The zero-order valence-corrected chi connectivity index (χ0v) is 11.6. The Bertz CT molecular complexity index is 602. The van der Waals surface area contributed by atoms with Gasteiger partial charge in [0.15, 0.2) is 0 Å². The van der Waals surface area contributed by atoms with Gasteiger partial charge in [-0.2, -0.15) is 0 Å². The fourth-order valence-corrected chi connectivity index (χ4v) is 3.03. The summed E-state index contributed by atoms with van der Waals surface area (Å²) in [7, 11) is -3.74. The van der Waals surface area contributed by atoms with Crippen LogP contribution >= 0.6 is 15.9 Å². The van der Waals surface area contributed by atoms with Crippen molar-refractivity contribution in [2.75, 3.05) is 11.4 Å². The first-order valence-corrected chi connectivity index (χ1v) is 7.50. The van der Waals surface area contributed by atoms with Gasteiger partial charge in [-0.3, -0.25) is 4.79 Å². The van der Waals surface area contributed by atoms with Crippen LogP contribution in [-0.4, -0.2) is 31.2 Å². The number of nitrogens with zero attached hydrogens (tertiary/aromatic N) is 1. The molecule has 0 saturated carbocycles. The third-order valence-electron chi connectivity index (χ3n) is 2.77. The van der Waals surface area contributed by atoms with E-state index in [1.165, 1.54) is 17.0 Å². The second-order valence-corrected chi connectivity index (χ2v) is 6.75. The lowest BCUT2D eigenvalue weighted by Gasteiger charge is -2.18. The number of hydrogen-bond acceptors (Lipinski definition) is 4. The molecule has 1 atom stereocenters. The van der Waals surface area contributed by atoms with Crippen LogP contribution in [0.25, 0.3) is 0 Å². The topological polar surface area (TPSA) is 101 Å². The second-order valence-electron chi connectivity index (χ2n) is 4.06. The standard InChI is InChI=1S/C10H11BrN2O4S/c11-8-2-1-6(14)3-9(8)13-5-7(4-10(13)15)18(12,16)17/h1-3,7,14H,4-5H2,(H2,12,16,17). The van der Waals surface area contributed by atoms with Crippen molar-refractivity contribution in [3.8, 4) is 5.75 Å². The van der Waals surface area contributed by atoms with Gasteiger partial charge in [-0.1, -0.05) is 0 Å². The van der Waals surface area contributed by atoms with Gasteiger partial charge >= 0.3 is 0 Å². The van der Waals surface area contributed by atoms with Gasteiger partial charge in [-0.25, -0.2) is 13.6 Å². The Hall–Kier alpha value is -1.12. The minimum absolute atomic E-state index is 0.0000515. The summed E-state index contributed by atoms with van der Waals surface area (Å²) < 4.78 is 23.1. The first-order valence-electron chi connectivity index (χ1n) is 5.09. The van der Waals surface area contributed by atoms with Crippen LogP contribution in [0.2, 0.25) is 0 Å². The van der Waals surface area contributed by atoms with Crippen LogP contribution in [0.3, 0.4) is 0 Å². The maximum Gasteiger partial charge on any atom is 0.228 e. The van der Waals surface area contributed by atoms with Crippen molar-refractivity contribution in [2.45, 2.75) is 11.7 Å². The molecule has 0 spiro atoms. The van der Waals surface area contributed by atoms with E-state index in [0.717, 1.165) is 0 Å². The number of halogens is 1. The van der Waals surface area contributed by atoms with Crippen molar-refractivity contribution < 1.29 is 18.3 Å². The van der Waals surface area contributed by atoms with Crippen LogP contribution in [0.5, 0.6) is 5.75 Å². The molecule has 8 heteroatoms. The normalized spacial score (nSPS) is 20.4. The van der Waals surface area contributed by atoms with Crippen molar-refractivity contribution in [3.63, 3.8) is 0 Å². The Labute approximate surface area is 113 Å². The number of anilines is 1. The predicted molar refractivity (Wildman–Crippen MR) is 69.7 cm³/mol. The number of phenolic OH excluding ortho intramolecular Hbond substituents is 1. The highest BCUT2D eigenvalue weighted by molar-refractivity contribution is 9.10. The maximum atomic E-state index is 11.8. The fraction of sp³-hybridized carbons (Fsp3) is 0.300. The Morgan fingerprint density at radius 1 is 1.44 bits per heavy atom. The lowest BCUT2D eigenvalue weighted by atomic mass is 10.3. The number of aromatic hydroxyl groups is 1. The second kappa shape index (κ2) is 4.52. The van der Waals surface area contributed by atoms with Gasteiger partial charge in [0.05, 0.1) is 5.69 Å². The molecule has 98 valence electrons. The summed E-state index contributed by atoms with van der Waals surface area (Å²) in [6.45, 7) is -0.000278. The van der Waals surface area contributed by atoms with Gasteiger partial charge < -0.3 is 10.0 Å². The number of amides is 1. The molecule has 6 nitrogen and oxygen atoms in total. The highest BCUT2D eigenvalue weighted by atomic mass is 79.9. The van der Waals surface area contributed by atoms with Gasteiger partial charge in [0.25, 0.3) is 0 Å². The number of benzene rings is 1. The average molecular weight is 335 g/mol. The molecule has 1 aliphatic rings. The summed E-state index contributed by atoms with van der Waals surface area (Å²) in [5, 5.41) is 13.5. The molecular weight excluding hydrogens is 324 g/mol. The molecule has 18 heavy (non-hydrogen) atoms. The molecule has 0 bridgehead atoms. The SMILES string of the molecule is NS(=O)(=O)C1CC(=O)N(c2cc(O)ccc2Br)C1. The summed E-state index contributed by atoms with van der Waals surface area (Å²) in [6, 6.07) is 4.45. The quantitative estimate of drug-likeness (QED) is 0.824. The van der Waals surface area contributed by atoms with Crippen molar-refractivity contribution >= 4 is 37.5 Å². The van der Waals surface area contributed by atoms with E-state index in [0.29, 0.717) is 10.2 Å². The Kier molecular flexibility index (Phi) is 3.35. The van der Waals surface area contributed by atoms with Crippen LogP contribution in [0.15, 0.2) is 22.7 Å². The van der Waals surface area contributed by atoms with Gasteiger partial charge in [0.1, 0.15) is 11.0 Å². The van der Waals surface area contributed by atoms with Gasteiger partial charge in [-0.15, -0.1) is 0 Å². The number of carbonyl (C=O) groups is 1. The number of nitrogens with two attached hydrogens (primary N) is 1. The number of primary sulfonamides is 1.